The second-order valence-electron chi connectivity index (χ2n) is 8.19. The predicted molar refractivity (Wildman–Crippen MR) is 108 cm³/mol. The lowest BCUT2D eigenvalue weighted by Gasteiger charge is -2.18. The number of aromatic nitrogens is 1. The van der Waals surface area contributed by atoms with E-state index in [0.717, 1.165) is 48.0 Å². The number of hydrogen-bond donors (Lipinski definition) is 5. The number of amides is 2. The molecular weight excluding hydrogens is 429 g/mol. The number of rotatable bonds is 4. The number of nitrogens with one attached hydrogen (secondary N) is 4. The van der Waals surface area contributed by atoms with E-state index in [9.17, 15) is 22.8 Å². The van der Waals surface area contributed by atoms with E-state index < -0.39 is 12.1 Å². The van der Waals surface area contributed by atoms with Gasteiger partial charge in [-0.25, -0.2) is 4.79 Å². The Hall–Kier alpha value is -3.08. The van der Waals surface area contributed by atoms with Crippen LogP contribution in [-0.4, -0.2) is 60.2 Å². The van der Waals surface area contributed by atoms with Gasteiger partial charge in [0.05, 0.1) is 0 Å². The number of halogens is 3. The van der Waals surface area contributed by atoms with Crippen molar-refractivity contribution in [2.75, 3.05) is 26.2 Å². The summed E-state index contributed by atoms with van der Waals surface area (Å²) in [7, 11) is 0. The molecule has 11 heteroatoms. The van der Waals surface area contributed by atoms with Crippen molar-refractivity contribution in [2.45, 2.75) is 19.0 Å². The van der Waals surface area contributed by atoms with E-state index in [1.54, 1.807) is 0 Å². The van der Waals surface area contributed by atoms with Gasteiger partial charge in [0.25, 0.3) is 5.91 Å². The van der Waals surface area contributed by atoms with Crippen LogP contribution < -0.4 is 16.0 Å². The maximum atomic E-state index is 12.3. The number of piperidine rings is 1. The standard InChI is InChI=1S/C19H22N4O2.C2HF3O2/c24-18-12-1-2-15-16(11(12)4-6-21-18)10(7-23-15)3-5-22-19(25)17-13-8-20-9-14(13)17;3-2(4,5)1(6)7/h1-2,7,13-14,17,20,23H,3-6,8-9H2,(H,21,24)(H,22,25);(H,6,7). The van der Waals surface area contributed by atoms with Crippen LogP contribution >= 0.6 is 0 Å². The zero-order chi connectivity index (χ0) is 23.0. The molecule has 1 aromatic heterocycles. The molecule has 2 fully saturated rings. The largest absolute Gasteiger partial charge is 0.490 e. The molecule has 1 saturated carbocycles. The highest BCUT2D eigenvalue weighted by atomic mass is 19.4. The lowest BCUT2D eigenvalue weighted by molar-refractivity contribution is -0.192. The highest BCUT2D eigenvalue weighted by Gasteiger charge is 2.56. The summed E-state index contributed by atoms with van der Waals surface area (Å²) in [6.07, 6.45) is -1.43. The van der Waals surface area contributed by atoms with Crippen LogP contribution in [0.3, 0.4) is 0 Å². The Morgan fingerprint density at radius 1 is 1.19 bits per heavy atom. The van der Waals surface area contributed by atoms with Crippen molar-refractivity contribution in [2.24, 2.45) is 17.8 Å². The maximum Gasteiger partial charge on any atom is 0.490 e. The third kappa shape index (κ3) is 4.29. The van der Waals surface area contributed by atoms with Gasteiger partial charge in [-0.15, -0.1) is 0 Å². The topological polar surface area (TPSA) is 123 Å². The number of aliphatic carboxylic acids is 1. The van der Waals surface area contributed by atoms with Crippen molar-refractivity contribution < 1.29 is 32.7 Å². The van der Waals surface area contributed by atoms with Gasteiger partial charge >= 0.3 is 12.1 Å². The van der Waals surface area contributed by atoms with Crippen molar-refractivity contribution in [3.05, 3.63) is 35.0 Å². The number of hydrogen-bond acceptors (Lipinski definition) is 4. The first-order chi connectivity index (χ1) is 15.2. The second kappa shape index (κ2) is 8.45. The molecule has 3 aliphatic rings. The number of carbonyl (C=O) groups is 3. The lowest BCUT2D eigenvalue weighted by atomic mass is 9.94. The van der Waals surface area contributed by atoms with Gasteiger partial charge in [-0.1, -0.05) is 0 Å². The van der Waals surface area contributed by atoms with Gasteiger partial charge in [0.2, 0.25) is 5.91 Å². The molecule has 0 radical (unpaired) electrons. The molecular formula is C21H23F3N4O4. The molecule has 1 saturated heterocycles. The normalized spacial score (nSPS) is 23.5. The van der Waals surface area contributed by atoms with Crippen LogP contribution in [0.25, 0.3) is 10.9 Å². The Bertz CT molecular complexity index is 1060. The van der Waals surface area contributed by atoms with Crippen molar-refractivity contribution in [1.82, 2.24) is 20.9 Å². The molecule has 0 spiro atoms. The lowest BCUT2D eigenvalue weighted by Crippen LogP contribution is -2.32. The third-order valence-electron chi connectivity index (χ3n) is 6.27. The first-order valence-electron chi connectivity index (χ1n) is 10.4. The van der Waals surface area contributed by atoms with E-state index in [1.807, 2.05) is 18.3 Å². The maximum absolute atomic E-state index is 12.3. The number of fused-ring (bicyclic) bond motifs is 4. The van der Waals surface area contributed by atoms with E-state index in [2.05, 4.69) is 20.9 Å². The highest BCUT2D eigenvalue weighted by molar-refractivity contribution is 6.02. The number of aromatic amines is 1. The van der Waals surface area contributed by atoms with E-state index in [0.29, 0.717) is 24.9 Å². The molecule has 5 N–H and O–H groups in total. The van der Waals surface area contributed by atoms with Crippen LogP contribution in [0.4, 0.5) is 13.2 Å². The van der Waals surface area contributed by atoms with E-state index >= 15 is 0 Å². The fourth-order valence-corrected chi connectivity index (χ4v) is 4.68. The Morgan fingerprint density at radius 3 is 2.53 bits per heavy atom. The summed E-state index contributed by atoms with van der Waals surface area (Å²) in [4.78, 5) is 36.5. The fraction of sp³-hybridized carbons (Fsp3) is 0.476. The van der Waals surface area contributed by atoms with Gasteiger partial charge < -0.3 is 26.0 Å². The van der Waals surface area contributed by atoms with Crippen molar-refractivity contribution in [1.29, 1.82) is 0 Å². The van der Waals surface area contributed by atoms with Crippen molar-refractivity contribution >= 4 is 28.7 Å². The number of carboxylic acid groups (broad SMARTS) is 1. The first kappa shape index (κ1) is 22.1. The van der Waals surface area contributed by atoms with Gasteiger partial charge in [0.1, 0.15) is 0 Å². The molecule has 2 aliphatic heterocycles. The molecule has 172 valence electrons. The number of H-pyrrole nitrogens is 1. The number of carbonyl (C=O) groups excluding carboxylic acids is 2. The minimum Gasteiger partial charge on any atom is -0.475 e. The Balaban J connectivity index is 0.000000307. The van der Waals surface area contributed by atoms with Crippen molar-refractivity contribution in [3.8, 4) is 0 Å². The zero-order valence-electron chi connectivity index (χ0n) is 17.0. The van der Waals surface area contributed by atoms with Crippen LogP contribution in [0.15, 0.2) is 18.3 Å². The van der Waals surface area contributed by atoms with Crippen LogP contribution in [0.5, 0.6) is 0 Å². The Kier molecular flexibility index (Phi) is 5.85. The smallest absolute Gasteiger partial charge is 0.475 e. The Morgan fingerprint density at radius 2 is 1.88 bits per heavy atom. The first-order valence-corrected chi connectivity index (χ1v) is 10.4. The molecule has 32 heavy (non-hydrogen) atoms. The summed E-state index contributed by atoms with van der Waals surface area (Å²) in [5.41, 5.74) is 4.16. The van der Waals surface area contributed by atoms with Crippen molar-refractivity contribution in [3.63, 3.8) is 0 Å². The SMILES string of the molecule is O=C(O)C(F)(F)F.O=C1NCCc2c1ccc1[nH]cc(CCNC(=O)C3C4CNCC43)c21. The number of benzene rings is 1. The van der Waals surface area contributed by atoms with Gasteiger partial charge in [-0.3, -0.25) is 9.59 Å². The van der Waals surface area contributed by atoms with Crippen LogP contribution in [0.2, 0.25) is 0 Å². The average Bonchev–Trinajstić information content (AvgIpc) is 3.05. The number of alkyl halides is 3. The molecule has 2 aromatic rings. The molecule has 2 unspecified atom stereocenters. The number of carboxylic acids is 1. The summed E-state index contributed by atoms with van der Waals surface area (Å²) < 4.78 is 31.7. The van der Waals surface area contributed by atoms with E-state index in [4.69, 9.17) is 9.90 Å². The minimum absolute atomic E-state index is 0.0116. The molecule has 1 aliphatic carbocycles. The monoisotopic (exact) mass is 452 g/mol. The summed E-state index contributed by atoms with van der Waals surface area (Å²) in [5.74, 6) is -1.21. The van der Waals surface area contributed by atoms with Gasteiger partial charge in [0, 0.05) is 41.7 Å². The molecule has 0 bridgehead atoms. The molecule has 5 rings (SSSR count). The molecule has 2 amide bonds. The van der Waals surface area contributed by atoms with E-state index in [1.165, 1.54) is 5.56 Å². The molecule has 3 heterocycles. The molecule has 2 atom stereocenters. The zero-order valence-corrected chi connectivity index (χ0v) is 17.0. The van der Waals surface area contributed by atoms with Gasteiger partial charge in [-0.2, -0.15) is 13.2 Å². The predicted octanol–water partition coefficient (Wildman–Crippen LogP) is 1.21. The highest BCUT2D eigenvalue weighted by Crippen LogP contribution is 2.48. The minimum atomic E-state index is -5.08. The summed E-state index contributed by atoms with van der Waals surface area (Å²) in [5, 5.41) is 17.6. The third-order valence-corrected chi connectivity index (χ3v) is 6.27. The molecule has 8 nitrogen and oxygen atoms in total. The fourth-order valence-electron chi connectivity index (χ4n) is 4.68. The second-order valence-corrected chi connectivity index (χ2v) is 8.19. The Labute approximate surface area is 180 Å². The van der Waals surface area contributed by atoms with Crippen LogP contribution in [0.1, 0.15) is 21.5 Å². The quantitative estimate of drug-likeness (QED) is 0.477. The van der Waals surface area contributed by atoms with Gasteiger partial charge in [0.15, 0.2) is 0 Å². The van der Waals surface area contributed by atoms with Gasteiger partial charge in [-0.05, 0) is 61.0 Å². The summed E-state index contributed by atoms with van der Waals surface area (Å²) >= 11 is 0. The summed E-state index contributed by atoms with van der Waals surface area (Å²) in [6, 6.07) is 3.87. The summed E-state index contributed by atoms with van der Waals surface area (Å²) in [6.45, 7) is 3.30. The average molecular weight is 452 g/mol. The van der Waals surface area contributed by atoms with Crippen LogP contribution in [-0.2, 0) is 22.4 Å². The van der Waals surface area contributed by atoms with E-state index in [-0.39, 0.29) is 17.7 Å². The molecule has 1 aromatic carbocycles. The van der Waals surface area contributed by atoms with Crippen LogP contribution in [0, 0.1) is 17.8 Å².